The molecule has 110 valence electrons. The first-order valence-corrected chi connectivity index (χ1v) is 6.77. The Labute approximate surface area is 123 Å². The van der Waals surface area contributed by atoms with E-state index in [1.165, 1.54) is 11.3 Å². The largest absolute Gasteiger partial charge is 0.477 e. The quantitative estimate of drug-likeness (QED) is 0.665. The number of carboxylic acids is 1. The average Bonchev–Trinajstić information content (AvgIpc) is 2.83. The molecule has 2 aromatic rings. The molecule has 21 heavy (non-hydrogen) atoms. The molecule has 0 aliphatic rings. The van der Waals surface area contributed by atoms with Crippen molar-refractivity contribution < 1.29 is 14.8 Å². The van der Waals surface area contributed by atoms with E-state index in [1.54, 1.807) is 17.5 Å². The molecule has 0 bridgehead atoms. The van der Waals surface area contributed by atoms with Crippen molar-refractivity contribution in [3.05, 3.63) is 44.0 Å². The molecule has 0 unspecified atom stereocenters. The molecule has 0 aliphatic carbocycles. The summed E-state index contributed by atoms with van der Waals surface area (Å²) in [6, 6.07) is 2.28. The summed E-state index contributed by atoms with van der Waals surface area (Å²) in [6.07, 6.45) is 0. The fraction of sp³-hybridized carbons (Fsp3) is 0.250. The number of nitro groups is 1. The fourth-order valence-corrected chi connectivity index (χ4v) is 2.58. The fourth-order valence-electron chi connectivity index (χ4n) is 1.75. The Morgan fingerprint density at radius 2 is 2.24 bits per heavy atom. The molecule has 0 aliphatic heterocycles. The number of aryl methyl sites for hydroxylation is 1. The lowest BCUT2D eigenvalue weighted by atomic mass is 10.3. The first kappa shape index (κ1) is 14.9. The number of nitrogens with zero attached hydrogens (tertiary/aromatic N) is 4. The van der Waals surface area contributed by atoms with Crippen molar-refractivity contribution in [3.8, 4) is 0 Å². The van der Waals surface area contributed by atoms with Crippen LogP contribution in [0.4, 0.5) is 11.5 Å². The third kappa shape index (κ3) is 3.14. The molecule has 0 atom stereocenters. The van der Waals surface area contributed by atoms with E-state index in [0.717, 1.165) is 22.7 Å². The van der Waals surface area contributed by atoms with Gasteiger partial charge in [-0.1, -0.05) is 0 Å². The molecule has 0 amide bonds. The Balaban J connectivity index is 2.39. The van der Waals surface area contributed by atoms with E-state index in [9.17, 15) is 14.9 Å². The van der Waals surface area contributed by atoms with Gasteiger partial charge in [0.15, 0.2) is 5.69 Å². The van der Waals surface area contributed by atoms with E-state index >= 15 is 0 Å². The van der Waals surface area contributed by atoms with Crippen LogP contribution in [0.15, 0.2) is 17.6 Å². The standard InChI is InChI=1S/C12H12N4O4S/c1-7-10(21-6-13-7)5-15(2)11-9(16(19)20)4-3-8(14-11)12(17)18/h3-4,6H,5H2,1-2H3,(H,17,18). The summed E-state index contributed by atoms with van der Waals surface area (Å²) in [6.45, 7) is 2.21. The summed E-state index contributed by atoms with van der Waals surface area (Å²) in [5.74, 6) is -1.21. The second-order valence-corrected chi connectivity index (χ2v) is 5.26. The number of carbonyl (C=O) groups is 1. The van der Waals surface area contributed by atoms with Crippen molar-refractivity contribution in [1.82, 2.24) is 9.97 Å². The third-order valence-electron chi connectivity index (χ3n) is 2.86. The van der Waals surface area contributed by atoms with Crippen LogP contribution in [-0.4, -0.2) is 33.0 Å². The highest BCUT2D eigenvalue weighted by molar-refractivity contribution is 7.09. The topological polar surface area (TPSA) is 109 Å². The maximum absolute atomic E-state index is 11.1. The molecule has 9 heteroatoms. The number of aromatic nitrogens is 2. The van der Waals surface area contributed by atoms with Gasteiger partial charge in [-0.05, 0) is 13.0 Å². The second kappa shape index (κ2) is 5.83. The van der Waals surface area contributed by atoms with Gasteiger partial charge in [0, 0.05) is 18.0 Å². The van der Waals surface area contributed by atoms with Crippen LogP contribution in [0.3, 0.4) is 0 Å². The van der Waals surface area contributed by atoms with E-state index in [-0.39, 0.29) is 17.2 Å². The van der Waals surface area contributed by atoms with Gasteiger partial charge in [-0.2, -0.15) is 0 Å². The van der Waals surface area contributed by atoms with Gasteiger partial charge >= 0.3 is 11.7 Å². The van der Waals surface area contributed by atoms with E-state index < -0.39 is 10.9 Å². The van der Waals surface area contributed by atoms with Crippen LogP contribution >= 0.6 is 11.3 Å². The lowest BCUT2D eigenvalue weighted by Gasteiger charge is -2.17. The Hall–Kier alpha value is -2.55. The number of anilines is 1. The van der Waals surface area contributed by atoms with Crippen LogP contribution in [0.25, 0.3) is 0 Å². The first-order valence-electron chi connectivity index (χ1n) is 5.89. The van der Waals surface area contributed by atoms with Crippen LogP contribution in [0.1, 0.15) is 21.1 Å². The van der Waals surface area contributed by atoms with Crippen LogP contribution in [0, 0.1) is 17.0 Å². The summed E-state index contributed by atoms with van der Waals surface area (Å²) in [7, 11) is 1.63. The van der Waals surface area contributed by atoms with E-state index in [4.69, 9.17) is 5.11 Å². The SMILES string of the molecule is Cc1ncsc1CN(C)c1nc(C(=O)O)ccc1[N+](=O)[O-]. The molecular formula is C12H12N4O4S. The summed E-state index contributed by atoms with van der Waals surface area (Å²) in [5, 5.41) is 20.0. The zero-order chi connectivity index (χ0) is 15.6. The van der Waals surface area contributed by atoms with Crippen LogP contribution in [0.2, 0.25) is 0 Å². The van der Waals surface area contributed by atoms with E-state index in [0.29, 0.717) is 6.54 Å². The third-order valence-corrected chi connectivity index (χ3v) is 3.78. The van der Waals surface area contributed by atoms with Gasteiger partial charge in [0.2, 0.25) is 5.82 Å². The average molecular weight is 308 g/mol. The molecule has 2 heterocycles. The van der Waals surface area contributed by atoms with Crippen molar-refractivity contribution in [2.75, 3.05) is 11.9 Å². The van der Waals surface area contributed by atoms with E-state index in [2.05, 4.69) is 9.97 Å². The number of hydrogen-bond acceptors (Lipinski definition) is 7. The number of pyridine rings is 1. The Bertz CT molecular complexity index is 700. The predicted octanol–water partition coefficient (Wildman–Crippen LogP) is 2.09. The summed E-state index contributed by atoms with van der Waals surface area (Å²) >= 11 is 1.43. The zero-order valence-corrected chi connectivity index (χ0v) is 12.1. The van der Waals surface area contributed by atoms with Gasteiger partial charge in [-0.25, -0.2) is 14.8 Å². The van der Waals surface area contributed by atoms with Crippen molar-refractivity contribution in [1.29, 1.82) is 0 Å². The molecule has 0 fully saturated rings. The lowest BCUT2D eigenvalue weighted by Crippen LogP contribution is -2.20. The number of carboxylic acid groups (broad SMARTS) is 1. The van der Waals surface area contributed by atoms with Gasteiger partial charge in [0.1, 0.15) is 0 Å². The minimum absolute atomic E-state index is 0.0210. The monoisotopic (exact) mass is 308 g/mol. The van der Waals surface area contributed by atoms with Crippen molar-refractivity contribution in [2.45, 2.75) is 13.5 Å². The molecular weight excluding hydrogens is 296 g/mol. The summed E-state index contributed by atoms with van der Waals surface area (Å²) in [4.78, 5) is 31.9. The highest BCUT2D eigenvalue weighted by Crippen LogP contribution is 2.27. The maximum atomic E-state index is 11.1. The molecule has 2 rings (SSSR count). The minimum atomic E-state index is -1.23. The highest BCUT2D eigenvalue weighted by Gasteiger charge is 2.22. The van der Waals surface area contributed by atoms with Gasteiger partial charge in [-0.15, -0.1) is 11.3 Å². The molecule has 0 saturated heterocycles. The summed E-state index contributed by atoms with van der Waals surface area (Å²) in [5.41, 5.74) is 2.06. The number of aromatic carboxylic acids is 1. The second-order valence-electron chi connectivity index (χ2n) is 4.32. The first-order chi connectivity index (χ1) is 9.90. The minimum Gasteiger partial charge on any atom is -0.477 e. The Morgan fingerprint density at radius 1 is 1.52 bits per heavy atom. The number of thiazole rings is 1. The lowest BCUT2D eigenvalue weighted by molar-refractivity contribution is -0.384. The molecule has 2 aromatic heterocycles. The van der Waals surface area contributed by atoms with Gasteiger partial charge in [0.25, 0.3) is 0 Å². The smallest absolute Gasteiger partial charge is 0.354 e. The van der Waals surface area contributed by atoms with Gasteiger partial charge in [0.05, 0.1) is 22.7 Å². The molecule has 0 spiro atoms. The van der Waals surface area contributed by atoms with Gasteiger partial charge in [-0.3, -0.25) is 10.1 Å². The van der Waals surface area contributed by atoms with Crippen molar-refractivity contribution in [3.63, 3.8) is 0 Å². The van der Waals surface area contributed by atoms with Crippen molar-refractivity contribution in [2.24, 2.45) is 0 Å². The Kier molecular flexibility index (Phi) is 4.13. The molecule has 0 saturated carbocycles. The van der Waals surface area contributed by atoms with Crippen LogP contribution < -0.4 is 4.90 Å². The normalized spacial score (nSPS) is 10.4. The highest BCUT2D eigenvalue weighted by atomic mass is 32.1. The Morgan fingerprint density at radius 3 is 2.76 bits per heavy atom. The maximum Gasteiger partial charge on any atom is 0.354 e. The molecule has 1 N–H and O–H groups in total. The molecule has 0 radical (unpaired) electrons. The van der Waals surface area contributed by atoms with Crippen LogP contribution in [0.5, 0.6) is 0 Å². The van der Waals surface area contributed by atoms with Crippen molar-refractivity contribution >= 4 is 28.8 Å². The number of hydrogen-bond donors (Lipinski definition) is 1. The van der Waals surface area contributed by atoms with Crippen LogP contribution in [-0.2, 0) is 6.54 Å². The van der Waals surface area contributed by atoms with Gasteiger partial charge < -0.3 is 10.0 Å². The van der Waals surface area contributed by atoms with E-state index in [1.807, 2.05) is 6.92 Å². The molecule has 8 nitrogen and oxygen atoms in total. The zero-order valence-electron chi connectivity index (χ0n) is 11.3. The number of rotatable bonds is 5. The molecule has 0 aromatic carbocycles. The predicted molar refractivity (Wildman–Crippen MR) is 76.8 cm³/mol. The summed E-state index contributed by atoms with van der Waals surface area (Å²) < 4.78 is 0.